The third-order valence-electron chi connectivity index (χ3n) is 3.18. The van der Waals surface area contributed by atoms with Crippen molar-refractivity contribution in [1.82, 2.24) is 25.5 Å². The standard InChI is InChI=1S/C15H22ClN5/c1-15(2,3)17-10-12(9-14-18-20-21(4)19-14)11-6-5-7-13(16)8-11/h5-8,12,17H,9-10H2,1-4H3. The van der Waals surface area contributed by atoms with Gasteiger partial charge in [0.2, 0.25) is 0 Å². The fourth-order valence-corrected chi connectivity index (χ4v) is 2.32. The molecule has 21 heavy (non-hydrogen) atoms. The molecule has 1 heterocycles. The zero-order valence-corrected chi connectivity index (χ0v) is 13.7. The largest absolute Gasteiger partial charge is 0.311 e. The highest BCUT2D eigenvalue weighted by Gasteiger charge is 2.18. The molecule has 1 aromatic heterocycles. The predicted octanol–water partition coefficient (Wildman–Crippen LogP) is 2.58. The maximum atomic E-state index is 6.12. The van der Waals surface area contributed by atoms with Crippen LogP contribution in [-0.2, 0) is 13.5 Å². The molecule has 2 rings (SSSR count). The van der Waals surface area contributed by atoms with Gasteiger partial charge in [0.1, 0.15) is 0 Å². The van der Waals surface area contributed by atoms with Crippen molar-refractivity contribution in [2.24, 2.45) is 7.05 Å². The summed E-state index contributed by atoms with van der Waals surface area (Å²) in [6, 6.07) is 7.97. The molecule has 5 nitrogen and oxygen atoms in total. The molecular formula is C15H22ClN5. The van der Waals surface area contributed by atoms with Crippen LogP contribution in [0, 0.1) is 0 Å². The summed E-state index contributed by atoms with van der Waals surface area (Å²) < 4.78 is 0. The minimum Gasteiger partial charge on any atom is -0.311 e. The van der Waals surface area contributed by atoms with E-state index in [1.807, 2.05) is 18.2 Å². The van der Waals surface area contributed by atoms with Crippen molar-refractivity contribution in [3.05, 3.63) is 40.7 Å². The van der Waals surface area contributed by atoms with Gasteiger partial charge < -0.3 is 5.32 Å². The van der Waals surface area contributed by atoms with E-state index in [1.165, 1.54) is 10.4 Å². The van der Waals surface area contributed by atoms with Gasteiger partial charge in [-0.05, 0) is 43.7 Å². The summed E-state index contributed by atoms with van der Waals surface area (Å²) in [5.41, 5.74) is 1.25. The lowest BCUT2D eigenvalue weighted by atomic mass is 9.94. The van der Waals surface area contributed by atoms with Gasteiger partial charge in [-0.15, -0.1) is 10.2 Å². The average Bonchev–Trinajstić information content (AvgIpc) is 2.79. The molecule has 1 unspecified atom stereocenters. The quantitative estimate of drug-likeness (QED) is 0.922. The Labute approximate surface area is 130 Å². The highest BCUT2D eigenvalue weighted by atomic mass is 35.5. The minimum absolute atomic E-state index is 0.0621. The molecule has 1 N–H and O–H groups in total. The van der Waals surface area contributed by atoms with Crippen LogP contribution in [-0.4, -0.2) is 32.3 Å². The molecule has 0 fully saturated rings. The molecule has 114 valence electrons. The number of hydrogen-bond donors (Lipinski definition) is 1. The lowest BCUT2D eigenvalue weighted by molar-refractivity contribution is 0.403. The van der Waals surface area contributed by atoms with E-state index in [0.717, 1.165) is 23.8 Å². The third-order valence-corrected chi connectivity index (χ3v) is 3.41. The lowest BCUT2D eigenvalue weighted by Crippen LogP contribution is -2.39. The number of aromatic nitrogens is 4. The van der Waals surface area contributed by atoms with Crippen LogP contribution in [0.15, 0.2) is 24.3 Å². The van der Waals surface area contributed by atoms with E-state index in [0.29, 0.717) is 0 Å². The van der Waals surface area contributed by atoms with Gasteiger partial charge in [0.15, 0.2) is 5.82 Å². The molecule has 6 heteroatoms. The third kappa shape index (κ3) is 5.10. The van der Waals surface area contributed by atoms with Crippen LogP contribution in [0.2, 0.25) is 5.02 Å². The van der Waals surface area contributed by atoms with Gasteiger partial charge in [0.05, 0.1) is 7.05 Å². The topological polar surface area (TPSA) is 55.6 Å². The first-order valence-corrected chi connectivity index (χ1v) is 7.45. The summed E-state index contributed by atoms with van der Waals surface area (Å²) in [5.74, 6) is 1.00. The van der Waals surface area contributed by atoms with E-state index in [2.05, 4.69) is 47.6 Å². The van der Waals surface area contributed by atoms with Crippen LogP contribution in [0.1, 0.15) is 38.1 Å². The number of aryl methyl sites for hydroxylation is 1. The number of rotatable bonds is 5. The summed E-state index contributed by atoms with van der Waals surface area (Å²) in [5, 5.41) is 16.6. The zero-order valence-electron chi connectivity index (χ0n) is 13.0. The van der Waals surface area contributed by atoms with Crippen LogP contribution in [0.5, 0.6) is 0 Å². The second-order valence-electron chi connectivity index (χ2n) is 6.28. The molecule has 0 bridgehead atoms. The van der Waals surface area contributed by atoms with Crippen molar-refractivity contribution in [2.45, 2.75) is 38.6 Å². The first kappa shape index (κ1) is 15.9. The van der Waals surface area contributed by atoms with Gasteiger partial charge in [0, 0.05) is 29.4 Å². The van der Waals surface area contributed by atoms with Crippen LogP contribution in [0.3, 0.4) is 0 Å². The second-order valence-corrected chi connectivity index (χ2v) is 6.72. The minimum atomic E-state index is 0.0621. The monoisotopic (exact) mass is 307 g/mol. The van der Waals surface area contributed by atoms with E-state index < -0.39 is 0 Å². The smallest absolute Gasteiger partial charge is 0.175 e. The maximum Gasteiger partial charge on any atom is 0.175 e. The normalized spacial score (nSPS) is 13.4. The Morgan fingerprint density at radius 3 is 2.67 bits per heavy atom. The van der Waals surface area contributed by atoms with Crippen molar-refractivity contribution >= 4 is 11.6 Å². The number of nitrogens with one attached hydrogen (secondary N) is 1. The maximum absolute atomic E-state index is 6.12. The number of nitrogens with zero attached hydrogens (tertiary/aromatic N) is 4. The number of tetrazole rings is 1. The van der Waals surface area contributed by atoms with Crippen LogP contribution in [0.4, 0.5) is 0 Å². The van der Waals surface area contributed by atoms with E-state index in [1.54, 1.807) is 7.05 Å². The SMILES string of the molecule is Cn1nnc(CC(CNC(C)(C)C)c2cccc(Cl)c2)n1. The highest BCUT2D eigenvalue weighted by molar-refractivity contribution is 6.30. The highest BCUT2D eigenvalue weighted by Crippen LogP contribution is 2.22. The van der Waals surface area contributed by atoms with Crippen LogP contribution >= 0.6 is 11.6 Å². The van der Waals surface area contributed by atoms with Crippen molar-refractivity contribution in [2.75, 3.05) is 6.54 Å². The Morgan fingerprint density at radius 1 is 1.33 bits per heavy atom. The Bertz CT molecular complexity index is 588. The summed E-state index contributed by atoms with van der Waals surface area (Å²) in [7, 11) is 1.78. The van der Waals surface area contributed by atoms with Crippen LogP contribution < -0.4 is 5.32 Å². The van der Waals surface area contributed by atoms with E-state index in [-0.39, 0.29) is 11.5 Å². The van der Waals surface area contributed by atoms with Crippen molar-refractivity contribution < 1.29 is 0 Å². The molecular weight excluding hydrogens is 286 g/mol. The molecule has 0 spiro atoms. The van der Waals surface area contributed by atoms with Gasteiger partial charge in [-0.25, -0.2) is 0 Å². The van der Waals surface area contributed by atoms with Gasteiger partial charge in [0.25, 0.3) is 0 Å². The Hall–Kier alpha value is -1.46. The second kappa shape index (κ2) is 6.54. The molecule has 0 saturated carbocycles. The first-order chi connectivity index (χ1) is 9.83. The molecule has 0 saturated heterocycles. The molecule has 0 aliphatic rings. The molecule has 1 atom stereocenters. The zero-order chi connectivity index (χ0) is 15.5. The number of halogens is 1. The van der Waals surface area contributed by atoms with E-state index in [9.17, 15) is 0 Å². The lowest BCUT2D eigenvalue weighted by Gasteiger charge is -2.25. The van der Waals surface area contributed by atoms with Crippen molar-refractivity contribution in [3.63, 3.8) is 0 Å². The van der Waals surface area contributed by atoms with E-state index >= 15 is 0 Å². The first-order valence-electron chi connectivity index (χ1n) is 7.07. The van der Waals surface area contributed by atoms with Gasteiger partial charge in [-0.1, -0.05) is 23.7 Å². The summed E-state index contributed by atoms with van der Waals surface area (Å²) >= 11 is 6.12. The average molecular weight is 308 g/mol. The Balaban J connectivity index is 2.17. The van der Waals surface area contributed by atoms with E-state index in [4.69, 9.17) is 11.6 Å². The van der Waals surface area contributed by atoms with Gasteiger partial charge in [-0.2, -0.15) is 4.80 Å². The summed E-state index contributed by atoms with van der Waals surface area (Å²) in [4.78, 5) is 1.49. The molecule has 2 aromatic rings. The Kier molecular flexibility index (Phi) is 4.96. The van der Waals surface area contributed by atoms with Gasteiger partial charge >= 0.3 is 0 Å². The molecule has 1 aromatic carbocycles. The van der Waals surface area contributed by atoms with Crippen molar-refractivity contribution in [3.8, 4) is 0 Å². The molecule has 0 amide bonds. The Morgan fingerprint density at radius 2 is 2.10 bits per heavy atom. The molecule has 0 radical (unpaired) electrons. The summed E-state index contributed by atoms with van der Waals surface area (Å²) in [6.45, 7) is 7.30. The van der Waals surface area contributed by atoms with Crippen molar-refractivity contribution in [1.29, 1.82) is 0 Å². The van der Waals surface area contributed by atoms with Gasteiger partial charge in [-0.3, -0.25) is 0 Å². The van der Waals surface area contributed by atoms with Crippen LogP contribution in [0.25, 0.3) is 0 Å². The fraction of sp³-hybridized carbons (Fsp3) is 0.533. The fourth-order valence-electron chi connectivity index (χ4n) is 2.12. The summed E-state index contributed by atoms with van der Waals surface area (Å²) in [6.07, 6.45) is 0.733. The molecule has 0 aliphatic carbocycles. The molecule has 0 aliphatic heterocycles. The number of benzene rings is 1. The predicted molar refractivity (Wildman–Crippen MR) is 84.5 cm³/mol. The number of hydrogen-bond acceptors (Lipinski definition) is 4.